The van der Waals surface area contributed by atoms with E-state index in [2.05, 4.69) is 15.6 Å². The number of nitrogens with zero attached hydrogens (tertiary/aromatic N) is 1. The smallest absolute Gasteiger partial charge is 0.252 e. The van der Waals surface area contributed by atoms with E-state index in [1.807, 2.05) is 24.3 Å². The molecule has 0 saturated heterocycles. The van der Waals surface area contributed by atoms with Crippen LogP contribution in [0.5, 0.6) is 0 Å². The fraction of sp³-hybridized carbons (Fsp3) is 0.190. The van der Waals surface area contributed by atoms with Crippen molar-refractivity contribution in [1.29, 1.82) is 0 Å². The number of benzene rings is 2. The highest BCUT2D eigenvalue weighted by Gasteiger charge is 2.25. The van der Waals surface area contributed by atoms with Gasteiger partial charge >= 0.3 is 0 Å². The molecule has 1 aromatic heterocycles. The third kappa shape index (κ3) is 4.86. The Bertz CT molecular complexity index is 1100. The lowest BCUT2D eigenvalue weighted by atomic mass is 10.1. The number of carbonyl (C=O) groups excluding carboxylic acids is 2. The summed E-state index contributed by atoms with van der Waals surface area (Å²) in [4.78, 5) is 29.4. The molecule has 2 N–H and O–H groups in total. The molecule has 2 aromatic carbocycles. The first-order chi connectivity index (χ1) is 14.0. The standard InChI is InChI=1S/C21H17ClFN3O2S/c22-12-5-8-16(23)18(9-12)25-19(27)11-29-20-10-15(21(28)24-13-6-7-13)14-3-1-2-4-17(14)26-20/h1-5,8-10,13H,6-7,11H2,(H,24,28)(H,25,27). The second-order valence-electron chi connectivity index (χ2n) is 6.73. The van der Waals surface area contributed by atoms with Crippen LogP contribution in [0.1, 0.15) is 23.2 Å². The van der Waals surface area contributed by atoms with E-state index in [4.69, 9.17) is 11.6 Å². The maximum atomic E-state index is 13.8. The molecule has 0 spiro atoms. The molecule has 5 nitrogen and oxygen atoms in total. The first kappa shape index (κ1) is 19.7. The molecule has 2 amide bonds. The van der Waals surface area contributed by atoms with Crippen molar-refractivity contribution in [3.05, 3.63) is 64.9 Å². The summed E-state index contributed by atoms with van der Waals surface area (Å²) in [6.07, 6.45) is 1.99. The van der Waals surface area contributed by atoms with E-state index < -0.39 is 11.7 Å². The number of halogens is 2. The highest BCUT2D eigenvalue weighted by Crippen LogP contribution is 2.26. The van der Waals surface area contributed by atoms with Crippen molar-refractivity contribution in [2.24, 2.45) is 0 Å². The van der Waals surface area contributed by atoms with E-state index in [9.17, 15) is 14.0 Å². The minimum Gasteiger partial charge on any atom is -0.349 e. The number of pyridine rings is 1. The topological polar surface area (TPSA) is 71.1 Å². The summed E-state index contributed by atoms with van der Waals surface area (Å²) in [6, 6.07) is 13.3. The number of carbonyl (C=O) groups is 2. The van der Waals surface area contributed by atoms with Gasteiger partial charge in [0.05, 0.1) is 27.5 Å². The van der Waals surface area contributed by atoms with Gasteiger partial charge in [0.2, 0.25) is 5.91 Å². The first-order valence-electron chi connectivity index (χ1n) is 9.08. The molecule has 1 saturated carbocycles. The maximum Gasteiger partial charge on any atom is 0.252 e. The van der Waals surface area contributed by atoms with E-state index in [0.29, 0.717) is 21.1 Å². The van der Waals surface area contributed by atoms with E-state index in [1.54, 1.807) is 6.07 Å². The summed E-state index contributed by atoms with van der Waals surface area (Å²) >= 11 is 7.03. The monoisotopic (exact) mass is 429 g/mol. The average Bonchev–Trinajstić information content (AvgIpc) is 3.52. The van der Waals surface area contributed by atoms with Crippen molar-refractivity contribution in [3.8, 4) is 0 Å². The maximum absolute atomic E-state index is 13.8. The van der Waals surface area contributed by atoms with Crippen LogP contribution >= 0.6 is 23.4 Å². The van der Waals surface area contributed by atoms with Crippen LogP contribution in [-0.4, -0.2) is 28.6 Å². The molecule has 0 aliphatic heterocycles. The molecule has 8 heteroatoms. The quantitative estimate of drug-likeness (QED) is 0.559. The molecule has 0 atom stereocenters. The molecule has 1 aliphatic carbocycles. The third-order valence-corrected chi connectivity index (χ3v) is 5.55. The molecule has 0 bridgehead atoms. The van der Waals surface area contributed by atoms with Crippen molar-refractivity contribution < 1.29 is 14.0 Å². The number of nitrogens with one attached hydrogen (secondary N) is 2. The van der Waals surface area contributed by atoms with Gasteiger partial charge in [-0.25, -0.2) is 9.37 Å². The molecule has 4 rings (SSSR count). The fourth-order valence-electron chi connectivity index (χ4n) is 2.82. The molecule has 148 valence electrons. The van der Waals surface area contributed by atoms with E-state index in [0.717, 1.165) is 18.2 Å². The zero-order chi connectivity index (χ0) is 20.4. The molecule has 1 fully saturated rings. The van der Waals surface area contributed by atoms with Crippen LogP contribution in [0, 0.1) is 5.82 Å². The average molecular weight is 430 g/mol. The Morgan fingerprint density at radius 1 is 1.17 bits per heavy atom. The molecule has 0 unspecified atom stereocenters. The van der Waals surface area contributed by atoms with Gasteiger partial charge in [0, 0.05) is 16.5 Å². The second kappa shape index (κ2) is 8.39. The normalized spacial score (nSPS) is 13.3. The molecule has 1 aliphatic rings. The molecule has 29 heavy (non-hydrogen) atoms. The number of rotatable bonds is 6. The predicted molar refractivity (Wildman–Crippen MR) is 113 cm³/mol. The summed E-state index contributed by atoms with van der Waals surface area (Å²) in [5.74, 6) is -1.08. The number of amides is 2. The lowest BCUT2D eigenvalue weighted by molar-refractivity contribution is -0.113. The lowest BCUT2D eigenvalue weighted by Crippen LogP contribution is -2.25. The van der Waals surface area contributed by atoms with Gasteiger partial charge in [0.1, 0.15) is 5.82 Å². The largest absolute Gasteiger partial charge is 0.349 e. The fourth-order valence-corrected chi connectivity index (χ4v) is 3.71. The van der Waals surface area contributed by atoms with Crippen LogP contribution in [0.25, 0.3) is 10.9 Å². The highest BCUT2D eigenvalue weighted by atomic mass is 35.5. The number of fused-ring (bicyclic) bond motifs is 1. The second-order valence-corrected chi connectivity index (χ2v) is 8.17. The van der Waals surface area contributed by atoms with E-state index in [-0.39, 0.29) is 23.4 Å². The van der Waals surface area contributed by atoms with Crippen molar-refractivity contribution in [3.63, 3.8) is 0 Å². The van der Waals surface area contributed by atoms with Gasteiger partial charge in [0.25, 0.3) is 5.91 Å². The van der Waals surface area contributed by atoms with Gasteiger partial charge in [0.15, 0.2) is 0 Å². The number of hydrogen-bond donors (Lipinski definition) is 2. The Morgan fingerprint density at radius 2 is 1.97 bits per heavy atom. The van der Waals surface area contributed by atoms with Crippen LogP contribution in [0.15, 0.2) is 53.6 Å². The highest BCUT2D eigenvalue weighted by molar-refractivity contribution is 7.99. The van der Waals surface area contributed by atoms with Gasteiger partial charge in [-0.1, -0.05) is 41.6 Å². The number of aromatic nitrogens is 1. The van der Waals surface area contributed by atoms with Crippen molar-refractivity contribution in [2.75, 3.05) is 11.1 Å². The SMILES string of the molecule is O=C(CSc1cc(C(=O)NC2CC2)c2ccccc2n1)Nc1cc(Cl)ccc1F. The minimum atomic E-state index is -0.560. The number of anilines is 1. The molecular formula is C21H17ClFN3O2S. The van der Waals surface area contributed by atoms with Crippen molar-refractivity contribution >= 4 is 51.8 Å². The van der Waals surface area contributed by atoms with Crippen LogP contribution in [-0.2, 0) is 4.79 Å². The third-order valence-electron chi connectivity index (χ3n) is 4.40. The summed E-state index contributed by atoms with van der Waals surface area (Å²) < 4.78 is 13.8. The lowest BCUT2D eigenvalue weighted by Gasteiger charge is -2.10. The van der Waals surface area contributed by atoms with E-state index in [1.165, 1.54) is 30.0 Å². The van der Waals surface area contributed by atoms with Gasteiger partial charge in [-0.05, 0) is 43.2 Å². The van der Waals surface area contributed by atoms with Crippen molar-refractivity contribution in [2.45, 2.75) is 23.9 Å². The van der Waals surface area contributed by atoms with Crippen molar-refractivity contribution in [1.82, 2.24) is 10.3 Å². The zero-order valence-corrected chi connectivity index (χ0v) is 16.8. The van der Waals surface area contributed by atoms with Gasteiger partial charge < -0.3 is 10.6 Å². The Hall–Kier alpha value is -2.64. The Balaban J connectivity index is 1.50. The van der Waals surface area contributed by atoms with Gasteiger partial charge in [-0.3, -0.25) is 9.59 Å². The number of hydrogen-bond acceptors (Lipinski definition) is 4. The summed E-state index contributed by atoms with van der Waals surface area (Å²) in [5, 5.41) is 7.14. The zero-order valence-electron chi connectivity index (χ0n) is 15.2. The molecule has 1 heterocycles. The number of thioether (sulfide) groups is 1. The van der Waals surface area contributed by atoms with E-state index >= 15 is 0 Å². The van der Waals surface area contributed by atoms with Crippen LogP contribution in [0.2, 0.25) is 5.02 Å². The molecule has 3 aromatic rings. The minimum absolute atomic E-state index is 0.0149. The predicted octanol–water partition coefficient (Wildman–Crippen LogP) is 4.65. The first-order valence-corrected chi connectivity index (χ1v) is 10.4. The Morgan fingerprint density at radius 3 is 2.76 bits per heavy atom. The summed E-state index contributed by atoms with van der Waals surface area (Å²) in [6.45, 7) is 0. The number of para-hydroxylation sites is 1. The Labute approximate surface area is 176 Å². The van der Waals surface area contributed by atoms with Gasteiger partial charge in [-0.15, -0.1) is 0 Å². The molecule has 0 radical (unpaired) electrons. The Kier molecular flexibility index (Phi) is 5.69. The van der Waals surface area contributed by atoms with Crippen LogP contribution < -0.4 is 10.6 Å². The summed E-state index contributed by atoms with van der Waals surface area (Å²) in [5.41, 5.74) is 1.24. The molecular weight excluding hydrogens is 413 g/mol. The summed E-state index contributed by atoms with van der Waals surface area (Å²) in [7, 11) is 0. The van der Waals surface area contributed by atoms with Crippen LogP contribution in [0.3, 0.4) is 0 Å². The van der Waals surface area contributed by atoms with Crippen LogP contribution in [0.4, 0.5) is 10.1 Å². The van der Waals surface area contributed by atoms with Gasteiger partial charge in [-0.2, -0.15) is 0 Å².